The average molecular weight is 595 g/mol. The third-order valence-corrected chi connectivity index (χ3v) is 10.6. The van der Waals surface area contributed by atoms with Gasteiger partial charge >= 0.3 is 0 Å². The van der Waals surface area contributed by atoms with Gasteiger partial charge in [-0.1, -0.05) is 30.3 Å². The number of rotatable bonds is 11. The van der Waals surface area contributed by atoms with Gasteiger partial charge in [0.25, 0.3) is 0 Å². The number of aryl methyl sites for hydroxylation is 2. The number of carbonyl (C=O) groups is 1. The topological polar surface area (TPSA) is 84.3 Å². The van der Waals surface area contributed by atoms with E-state index in [1.807, 2.05) is 23.1 Å². The third kappa shape index (κ3) is 6.27. The second-order valence-electron chi connectivity index (χ2n) is 11.3. The van der Waals surface area contributed by atoms with Crippen molar-refractivity contribution in [3.63, 3.8) is 0 Å². The first-order valence-corrected chi connectivity index (χ1v) is 16.1. The lowest BCUT2D eigenvalue weighted by Gasteiger charge is -2.38. The van der Waals surface area contributed by atoms with Crippen molar-refractivity contribution >= 4 is 15.9 Å². The van der Waals surface area contributed by atoms with Crippen LogP contribution < -0.4 is 4.74 Å². The van der Waals surface area contributed by atoms with Crippen molar-refractivity contribution in [3.8, 4) is 5.75 Å². The second-order valence-corrected chi connectivity index (χ2v) is 13.2. The Balaban J connectivity index is 1.24. The highest BCUT2D eigenvalue weighted by Gasteiger charge is 2.34. The first-order chi connectivity index (χ1) is 20.2. The van der Waals surface area contributed by atoms with Crippen molar-refractivity contribution in [1.29, 1.82) is 0 Å². The van der Waals surface area contributed by atoms with E-state index in [1.54, 1.807) is 33.1 Å². The van der Waals surface area contributed by atoms with E-state index in [-0.39, 0.29) is 36.6 Å². The van der Waals surface area contributed by atoms with Crippen LogP contribution in [0, 0.1) is 13.8 Å². The Bertz CT molecular complexity index is 1480. The molecule has 0 bridgehead atoms. The zero-order valence-electron chi connectivity index (χ0n) is 25.1. The summed E-state index contributed by atoms with van der Waals surface area (Å²) in [6, 6.07) is 17.7. The van der Waals surface area contributed by atoms with Crippen LogP contribution >= 0.6 is 0 Å². The van der Waals surface area contributed by atoms with Crippen LogP contribution in [0.15, 0.2) is 59.5 Å². The van der Waals surface area contributed by atoms with Crippen LogP contribution in [-0.2, 0) is 32.6 Å². The highest BCUT2D eigenvalue weighted by atomic mass is 32.2. The summed E-state index contributed by atoms with van der Waals surface area (Å²) in [6.45, 7) is 8.19. The predicted octanol–water partition coefficient (Wildman–Crippen LogP) is 3.98. The molecular formula is C32H42N4O5S. The first-order valence-electron chi connectivity index (χ1n) is 14.6. The number of carbonyl (C=O) groups excluding carboxylic acids is 1. The first kappa shape index (κ1) is 30.3. The minimum atomic E-state index is -3.74. The normalized spacial score (nSPS) is 17.5. The number of ether oxygens (including phenoxy) is 2. The van der Waals surface area contributed by atoms with Gasteiger partial charge in [-0.2, -0.15) is 4.31 Å². The molecule has 0 N–H and O–H groups in total. The molecule has 2 aromatic carbocycles. The molecule has 9 nitrogen and oxygen atoms in total. The number of methoxy groups -OCH3 is 1. The molecule has 42 heavy (non-hydrogen) atoms. The number of hydrogen-bond donors (Lipinski definition) is 0. The minimum Gasteiger partial charge on any atom is -0.497 e. The maximum absolute atomic E-state index is 13.5. The van der Waals surface area contributed by atoms with Gasteiger partial charge in [0.15, 0.2) is 0 Å². The van der Waals surface area contributed by atoms with Crippen LogP contribution in [0.5, 0.6) is 5.75 Å². The summed E-state index contributed by atoms with van der Waals surface area (Å²) in [5.41, 5.74) is 4.72. The maximum Gasteiger partial charge on any atom is 0.249 e. The van der Waals surface area contributed by atoms with Gasteiger partial charge in [-0.15, -0.1) is 0 Å². The van der Waals surface area contributed by atoms with Crippen molar-refractivity contribution < 1.29 is 22.7 Å². The molecule has 3 heterocycles. The number of aromatic nitrogens is 1. The maximum atomic E-state index is 13.5. The molecule has 3 aromatic rings. The second kappa shape index (κ2) is 13.0. The fourth-order valence-electron chi connectivity index (χ4n) is 6.24. The van der Waals surface area contributed by atoms with E-state index in [4.69, 9.17) is 9.47 Å². The molecule has 1 atom stereocenters. The van der Waals surface area contributed by atoms with Gasteiger partial charge in [0, 0.05) is 44.6 Å². The lowest BCUT2D eigenvalue weighted by atomic mass is 10.00. The summed E-state index contributed by atoms with van der Waals surface area (Å²) in [5.74, 6) is 0.514. The van der Waals surface area contributed by atoms with E-state index in [0.717, 1.165) is 37.4 Å². The molecule has 0 saturated carbocycles. The molecule has 1 unspecified atom stereocenters. The van der Waals surface area contributed by atoms with Gasteiger partial charge in [0.1, 0.15) is 12.4 Å². The molecule has 1 aromatic heterocycles. The summed E-state index contributed by atoms with van der Waals surface area (Å²) in [7, 11) is -0.641. The highest BCUT2D eigenvalue weighted by Crippen LogP contribution is 2.34. The number of amides is 1. The zero-order valence-corrected chi connectivity index (χ0v) is 25.9. The smallest absolute Gasteiger partial charge is 0.249 e. The van der Waals surface area contributed by atoms with Crippen molar-refractivity contribution in [1.82, 2.24) is 18.7 Å². The van der Waals surface area contributed by atoms with E-state index in [2.05, 4.69) is 33.7 Å². The largest absolute Gasteiger partial charge is 0.497 e. The minimum absolute atomic E-state index is 0.107. The van der Waals surface area contributed by atoms with Crippen LogP contribution in [0.4, 0.5) is 0 Å². The Kier molecular flexibility index (Phi) is 9.37. The van der Waals surface area contributed by atoms with Crippen molar-refractivity contribution in [2.75, 3.05) is 53.6 Å². The van der Waals surface area contributed by atoms with Crippen LogP contribution in [0.2, 0.25) is 0 Å². The van der Waals surface area contributed by atoms with Crippen LogP contribution in [-0.4, -0.2) is 86.5 Å². The summed E-state index contributed by atoms with van der Waals surface area (Å²) in [5, 5.41) is 0. The molecular weight excluding hydrogens is 552 g/mol. The van der Waals surface area contributed by atoms with Gasteiger partial charge in [0.2, 0.25) is 15.9 Å². The number of hydrogen-bond acceptors (Lipinski definition) is 6. The van der Waals surface area contributed by atoms with Gasteiger partial charge in [0.05, 0.1) is 24.7 Å². The monoisotopic (exact) mass is 594 g/mol. The molecule has 0 aliphatic carbocycles. The molecule has 0 spiro atoms. The number of sulfonamides is 1. The Hall–Kier alpha value is -3.18. The number of likely N-dealkylation sites (tertiary alicyclic amines) is 1. The number of benzene rings is 2. The van der Waals surface area contributed by atoms with E-state index in [9.17, 15) is 13.2 Å². The van der Waals surface area contributed by atoms with Crippen LogP contribution in [0.3, 0.4) is 0 Å². The number of fused-ring (bicyclic) bond motifs is 1. The van der Waals surface area contributed by atoms with E-state index in [0.29, 0.717) is 23.4 Å². The summed E-state index contributed by atoms with van der Waals surface area (Å²) < 4.78 is 41.4. The number of nitrogens with zero attached hydrogens (tertiary/aromatic N) is 4. The van der Waals surface area contributed by atoms with Gasteiger partial charge < -0.3 is 18.9 Å². The Labute approximate surface area is 249 Å². The van der Waals surface area contributed by atoms with Gasteiger partial charge in [-0.25, -0.2) is 8.42 Å². The zero-order chi connectivity index (χ0) is 29.9. The summed E-state index contributed by atoms with van der Waals surface area (Å²) in [4.78, 5) is 18.2. The quantitative estimate of drug-likeness (QED) is 0.313. The standard InChI is InChI=1S/C32H42N4O5S/c1-24-20-28(40-4)21-25(2)32(24)42(38,39)33(3)18-19-41-23-30(37)36-17-16-35-27(22-34-14-8-9-15-34)12-13-29(35)31(36)26-10-6-5-7-11-26/h5-7,10-13,20-21,31H,8-9,14-19,22-23H2,1-4H3. The fraction of sp³-hybridized carbons (Fsp3) is 0.469. The summed E-state index contributed by atoms with van der Waals surface area (Å²) >= 11 is 0. The Morgan fingerprint density at radius 2 is 1.67 bits per heavy atom. The molecule has 1 fully saturated rings. The Morgan fingerprint density at radius 3 is 2.33 bits per heavy atom. The highest BCUT2D eigenvalue weighted by molar-refractivity contribution is 7.89. The van der Waals surface area contributed by atoms with Crippen LogP contribution in [0.25, 0.3) is 0 Å². The average Bonchev–Trinajstić information content (AvgIpc) is 3.64. The molecule has 0 radical (unpaired) electrons. The lowest BCUT2D eigenvalue weighted by molar-refractivity contribution is -0.139. The van der Waals surface area contributed by atoms with Crippen LogP contribution in [0.1, 0.15) is 47.0 Å². The molecule has 1 amide bonds. The Morgan fingerprint density at radius 1 is 0.976 bits per heavy atom. The van der Waals surface area contributed by atoms with Gasteiger partial charge in [-0.3, -0.25) is 9.69 Å². The van der Waals surface area contributed by atoms with E-state index in [1.165, 1.54) is 29.9 Å². The SMILES string of the molecule is COc1cc(C)c(S(=O)(=O)N(C)CCOCC(=O)N2CCn3c(CN4CCCC4)ccc3C2c2ccccc2)c(C)c1. The van der Waals surface area contributed by atoms with E-state index >= 15 is 0 Å². The van der Waals surface area contributed by atoms with Crippen molar-refractivity contribution in [2.45, 2.75) is 50.7 Å². The molecule has 10 heteroatoms. The van der Waals surface area contributed by atoms with Crippen molar-refractivity contribution in [2.24, 2.45) is 0 Å². The number of likely N-dealkylation sites (N-methyl/N-ethyl adjacent to an activating group) is 1. The molecule has 2 aliphatic rings. The molecule has 226 valence electrons. The molecule has 5 rings (SSSR count). The van der Waals surface area contributed by atoms with E-state index < -0.39 is 10.0 Å². The third-order valence-electron chi connectivity index (χ3n) is 8.40. The van der Waals surface area contributed by atoms with Crippen molar-refractivity contribution in [3.05, 3.63) is 82.7 Å². The van der Waals surface area contributed by atoms with Gasteiger partial charge in [-0.05, 0) is 80.7 Å². The fourth-order valence-corrected chi connectivity index (χ4v) is 7.80. The lowest BCUT2D eigenvalue weighted by Crippen LogP contribution is -2.44. The predicted molar refractivity (Wildman–Crippen MR) is 162 cm³/mol. The molecule has 2 aliphatic heterocycles. The summed E-state index contributed by atoms with van der Waals surface area (Å²) in [6.07, 6.45) is 2.51. The molecule has 1 saturated heterocycles.